The highest BCUT2D eigenvalue weighted by Gasteiger charge is 2.18. The lowest BCUT2D eigenvalue weighted by atomic mass is 9.85. The number of nitrogens with two attached hydrogens (primary N) is 1. The number of guanidine groups is 1. The third-order valence-corrected chi connectivity index (χ3v) is 4.94. The number of nitrogens with zero attached hydrogens (tertiary/aromatic N) is 1. The van der Waals surface area contributed by atoms with Crippen LogP contribution < -0.4 is 15.8 Å². The van der Waals surface area contributed by atoms with Gasteiger partial charge in [0.15, 0.2) is 5.96 Å². The van der Waals surface area contributed by atoms with Crippen LogP contribution in [0.15, 0.2) is 23.2 Å². The van der Waals surface area contributed by atoms with Gasteiger partial charge in [-0.05, 0) is 43.7 Å². The summed E-state index contributed by atoms with van der Waals surface area (Å²) in [5, 5.41) is 3.23. The van der Waals surface area contributed by atoms with E-state index in [1.54, 1.807) is 0 Å². The summed E-state index contributed by atoms with van der Waals surface area (Å²) in [6.07, 6.45) is 5.04. The lowest BCUT2D eigenvalue weighted by Gasteiger charge is -2.25. The first-order valence-electron chi connectivity index (χ1n) is 9.04. The fraction of sp³-hybridized carbons (Fsp3) is 0.632. The van der Waals surface area contributed by atoms with Crippen molar-refractivity contribution in [3.05, 3.63) is 29.3 Å². The zero-order valence-electron chi connectivity index (χ0n) is 15.0. The molecule has 1 aromatic rings. The van der Waals surface area contributed by atoms with E-state index in [0.717, 1.165) is 43.4 Å². The molecule has 1 aromatic carbocycles. The molecule has 1 saturated heterocycles. The number of benzene rings is 1. The number of ether oxygens (including phenoxy) is 2. The predicted octanol–water partition coefficient (Wildman–Crippen LogP) is 3.23. The van der Waals surface area contributed by atoms with Gasteiger partial charge in [0.1, 0.15) is 5.75 Å². The van der Waals surface area contributed by atoms with Gasteiger partial charge in [-0.15, -0.1) is 24.0 Å². The van der Waals surface area contributed by atoms with Crippen molar-refractivity contribution in [1.82, 2.24) is 5.32 Å². The minimum absolute atomic E-state index is 0. The zero-order valence-corrected chi connectivity index (χ0v) is 17.3. The summed E-state index contributed by atoms with van der Waals surface area (Å²) in [6, 6.07) is 6.26. The van der Waals surface area contributed by atoms with Gasteiger partial charge in [0.2, 0.25) is 0 Å². The summed E-state index contributed by atoms with van der Waals surface area (Å²) >= 11 is 0. The summed E-state index contributed by atoms with van der Waals surface area (Å²) in [5.74, 6) is 2.71. The Hall–Kier alpha value is -1.02. The molecular formula is C19H30IN3O2. The standard InChI is InChI=1S/C19H29N3O2.HI/c1-14-5-6-17(11-22-19(20)21-10-15-3-2-4-15)18(9-14)24-13-16-7-8-23-12-16;/h5-6,9,15-16H,2-4,7-8,10-13H2,1H3,(H3,20,21,22);1H. The van der Waals surface area contributed by atoms with E-state index in [0.29, 0.717) is 25.0 Å². The molecule has 0 amide bonds. The van der Waals surface area contributed by atoms with E-state index in [-0.39, 0.29) is 24.0 Å². The summed E-state index contributed by atoms with van der Waals surface area (Å²) in [4.78, 5) is 4.47. The van der Waals surface area contributed by atoms with E-state index >= 15 is 0 Å². The molecule has 1 aliphatic heterocycles. The molecule has 0 radical (unpaired) electrons. The number of aryl methyl sites for hydroxylation is 1. The highest BCUT2D eigenvalue weighted by Crippen LogP contribution is 2.25. The molecule has 1 atom stereocenters. The molecule has 0 bridgehead atoms. The number of rotatable bonds is 7. The minimum atomic E-state index is 0. The topological polar surface area (TPSA) is 68.9 Å². The fourth-order valence-corrected chi connectivity index (χ4v) is 3.02. The predicted molar refractivity (Wildman–Crippen MR) is 112 cm³/mol. The average molecular weight is 459 g/mol. The molecule has 0 aromatic heterocycles. The zero-order chi connectivity index (χ0) is 16.8. The van der Waals surface area contributed by atoms with Crippen LogP contribution in [0, 0.1) is 18.8 Å². The summed E-state index contributed by atoms with van der Waals surface area (Å²) in [6.45, 7) is 5.91. The maximum Gasteiger partial charge on any atom is 0.188 e. The highest BCUT2D eigenvalue weighted by atomic mass is 127. The summed E-state index contributed by atoms with van der Waals surface area (Å²) < 4.78 is 11.5. The van der Waals surface area contributed by atoms with Gasteiger partial charge in [-0.2, -0.15) is 0 Å². The maximum absolute atomic E-state index is 6.05. The van der Waals surface area contributed by atoms with Crippen molar-refractivity contribution in [3.63, 3.8) is 0 Å². The van der Waals surface area contributed by atoms with Gasteiger partial charge >= 0.3 is 0 Å². The lowest BCUT2D eigenvalue weighted by Crippen LogP contribution is -2.37. The molecule has 0 spiro atoms. The molecule has 1 saturated carbocycles. The first-order chi connectivity index (χ1) is 11.7. The van der Waals surface area contributed by atoms with Crippen LogP contribution in [-0.2, 0) is 11.3 Å². The van der Waals surface area contributed by atoms with Gasteiger partial charge in [-0.1, -0.05) is 18.6 Å². The second-order valence-electron chi connectivity index (χ2n) is 7.03. The Kier molecular flexibility index (Phi) is 8.29. The van der Waals surface area contributed by atoms with Gasteiger partial charge in [-0.25, -0.2) is 4.99 Å². The molecule has 25 heavy (non-hydrogen) atoms. The van der Waals surface area contributed by atoms with E-state index in [4.69, 9.17) is 15.2 Å². The Balaban J connectivity index is 0.00000225. The molecule has 1 aliphatic carbocycles. The average Bonchev–Trinajstić information content (AvgIpc) is 3.04. The first kappa shape index (κ1) is 20.3. The molecule has 2 aliphatic rings. The molecule has 6 heteroatoms. The van der Waals surface area contributed by atoms with Crippen LogP contribution in [0.25, 0.3) is 0 Å². The third-order valence-electron chi connectivity index (χ3n) is 4.94. The lowest BCUT2D eigenvalue weighted by molar-refractivity contribution is 0.166. The molecule has 5 nitrogen and oxygen atoms in total. The van der Waals surface area contributed by atoms with Crippen molar-refractivity contribution in [3.8, 4) is 5.75 Å². The van der Waals surface area contributed by atoms with Crippen molar-refractivity contribution in [2.45, 2.75) is 39.2 Å². The molecule has 3 N–H and O–H groups in total. The second kappa shape index (κ2) is 10.2. The minimum Gasteiger partial charge on any atom is -0.493 e. The van der Waals surface area contributed by atoms with E-state index < -0.39 is 0 Å². The van der Waals surface area contributed by atoms with Gasteiger partial charge in [-0.3, -0.25) is 0 Å². The van der Waals surface area contributed by atoms with Gasteiger partial charge in [0.05, 0.1) is 19.8 Å². The van der Waals surface area contributed by atoms with E-state index in [1.807, 2.05) is 0 Å². The van der Waals surface area contributed by atoms with Crippen LogP contribution >= 0.6 is 24.0 Å². The number of hydrogen-bond acceptors (Lipinski definition) is 3. The Labute approximate surface area is 167 Å². The van der Waals surface area contributed by atoms with Crippen LogP contribution in [0.5, 0.6) is 5.75 Å². The SMILES string of the molecule is Cc1ccc(CN=C(N)NCC2CCC2)c(OCC2CCOC2)c1.I. The number of nitrogens with one attached hydrogen (secondary N) is 1. The van der Waals surface area contributed by atoms with Crippen molar-refractivity contribution < 1.29 is 9.47 Å². The highest BCUT2D eigenvalue weighted by molar-refractivity contribution is 14.0. The quantitative estimate of drug-likeness (QED) is 0.373. The van der Waals surface area contributed by atoms with Crippen molar-refractivity contribution in [2.75, 3.05) is 26.4 Å². The summed E-state index contributed by atoms with van der Waals surface area (Å²) in [5.41, 5.74) is 8.25. The van der Waals surface area contributed by atoms with Crippen molar-refractivity contribution in [2.24, 2.45) is 22.6 Å². The Morgan fingerprint density at radius 3 is 2.84 bits per heavy atom. The van der Waals surface area contributed by atoms with Gasteiger partial charge in [0, 0.05) is 24.6 Å². The van der Waals surface area contributed by atoms with Crippen LogP contribution in [0.2, 0.25) is 0 Å². The Morgan fingerprint density at radius 2 is 2.16 bits per heavy atom. The van der Waals surface area contributed by atoms with Gasteiger partial charge < -0.3 is 20.5 Å². The monoisotopic (exact) mass is 459 g/mol. The molecule has 2 fully saturated rings. The molecule has 140 valence electrons. The molecule has 1 unspecified atom stereocenters. The van der Waals surface area contributed by atoms with E-state index in [1.165, 1.54) is 24.8 Å². The third kappa shape index (κ3) is 6.33. The van der Waals surface area contributed by atoms with Crippen LogP contribution in [-0.4, -0.2) is 32.3 Å². The number of aliphatic imine (C=N–C) groups is 1. The normalized spacial score (nSPS) is 20.7. The molecule has 1 heterocycles. The maximum atomic E-state index is 6.05. The van der Waals surface area contributed by atoms with Crippen molar-refractivity contribution >= 4 is 29.9 Å². The number of hydrogen-bond donors (Lipinski definition) is 2. The van der Waals surface area contributed by atoms with E-state index in [2.05, 4.69) is 35.4 Å². The molecular weight excluding hydrogens is 429 g/mol. The van der Waals surface area contributed by atoms with Crippen molar-refractivity contribution in [1.29, 1.82) is 0 Å². The second-order valence-corrected chi connectivity index (χ2v) is 7.03. The van der Waals surface area contributed by atoms with Crippen LogP contribution in [0.1, 0.15) is 36.8 Å². The van der Waals surface area contributed by atoms with Crippen LogP contribution in [0.3, 0.4) is 0 Å². The largest absolute Gasteiger partial charge is 0.493 e. The summed E-state index contributed by atoms with van der Waals surface area (Å²) in [7, 11) is 0. The Morgan fingerprint density at radius 1 is 1.32 bits per heavy atom. The smallest absolute Gasteiger partial charge is 0.188 e. The first-order valence-corrected chi connectivity index (χ1v) is 9.04. The fourth-order valence-electron chi connectivity index (χ4n) is 3.02. The number of halogens is 1. The molecule has 3 rings (SSSR count). The van der Waals surface area contributed by atoms with Gasteiger partial charge in [0.25, 0.3) is 0 Å². The van der Waals surface area contributed by atoms with E-state index in [9.17, 15) is 0 Å². The Bertz CT molecular complexity index is 570. The van der Waals surface area contributed by atoms with Crippen LogP contribution in [0.4, 0.5) is 0 Å².